The summed E-state index contributed by atoms with van der Waals surface area (Å²) in [4.78, 5) is 21.6. The standard InChI is InChI=1S/C26H26F2N6O3/c1-16-14-34(21-13-30-31-23(21)25(16)35)20-4-3-19-24(26(20)37-22-5-2-17(27)12-18(22)28)29-15-33(19)7-6-32-8-10-36-11-9-32/h2-5,12-13,15-16H,6-11,14H2,1H3,(H,30,31). The number of anilines is 2. The number of imidazole rings is 1. The fourth-order valence-corrected chi connectivity index (χ4v) is 4.92. The lowest BCUT2D eigenvalue weighted by atomic mass is 9.97. The first-order valence-corrected chi connectivity index (χ1v) is 12.3. The molecule has 0 amide bonds. The number of rotatable bonds is 6. The highest BCUT2D eigenvalue weighted by Crippen LogP contribution is 2.44. The van der Waals surface area contributed by atoms with Gasteiger partial charge in [-0.1, -0.05) is 6.92 Å². The molecule has 4 aromatic rings. The van der Waals surface area contributed by atoms with Crippen LogP contribution in [0.3, 0.4) is 0 Å². The molecule has 1 N–H and O–H groups in total. The van der Waals surface area contributed by atoms with Crippen LogP contribution in [-0.4, -0.2) is 69.8 Å². The maximum Gasteiger partial charge on any atom is 0.187 e. The number of morpholine rings is 1. The minimum absolute atomic E-state index is 0.0238. The van der Waals surface area contributed by atoms with E-state index in [0.717, 1.165) is 50.5 Å². The van der Waals surface area contributed by atoms with Crippen LogP contribution < -0.4 is 9.64 Å². The summed E-state index contributed by atoms with van der Waals surface area (Å²) < 4.78 is 41.8. The zero-order chi connectivity index (χ0) is 25.5. The third kappa shape index (κ3) is 4.34. The summed E-state index contributed by atoms with van der Waals surface area (Å²) in [5, 5.41) is 6.87. The van der Waals surface area contributed by atoms with Crippen molar-refractivity contribution in [3.05, 3.63) is 60.2 Å². The van der Waals surface area contributed by atoms with E-state index < -0.39 is 11.6 Å². The Morgan fingerprint density at radius 3 is 2.78 bits per heavy atom. The molecule has 1 fully saturated rings. The largest absolute Gasteiger partial charge is 0.450 e. The van der Waals surface area contributed by atoms with Gasteiger partial charge in [-0.05, 0) is 24.3 Å². The lowest BCUT2D eigenvalue weighted by Gasteiger charge is -2.32. The highest BCUT2D eigenvalue weighted by Gasteiger charge is 2.34. The van der Waals surface area contributed by atoms with Gasteiger partial charge in [-0.25, -0.2) is 13.8 Å². The molecule has 4 heterocycles. The maximum absolute atomic E-state index is 14.7. The molecule has 2 aromatic carbocycles. The van der Waals surface area contributed by atoms with Gasteiger partial charge in [0.05, 0.1) is 42.6 Å². The smallest absolute Gasteiger partial charge is 0.187 e. The van der Waals surface area contributed by atoms with Crippen molar-refractivity contribution in [2.24, 2.45) is 5.92 Å². The van der Waals surface area contributed by atoms with E-state index in [1.165, 1.54) is 6.07 Å². The number of aromatic amines is 1. The number of hydrogen-bond acceptors (Lipinski definition) is 7. The number of Topliss-reactive ketones (excluding diaryl/α,β-unsaturated/α-hetero) is 1. The van der Waals surface area contributed by atoms with Crippen molar-refractivity contribution in [3.63, 3.8) is 0 Å². The summed E-state index contributed by atoms with van der Waals surface area (Å²) in [5.41, 5.74) is 2.99. The number of nitrogens with zero attached hydrogens (tertiary/aromatic N) is 5. The number of nitrogens with one attached hydrogen (secondary N) is 1. The molecule has 9 nitrogen and oxygen atoms in total. The summed E-state index contributed by atoms with van der Waals surface area (Å²) in [6.07, 6.45) is 3.33. The molecule has 0 radical (unpaired) electrons. The number of H-pyrrole nitrogens is 1. The van der Waals surface area contributed by atoms with E-state index in [1.54, 1.807) is 12.5 Å². The second kappa shape index (κ2) is 9.56. The minimum Gasteiger partial charge on any atom is -0.450 e. The number of halogens is 2. The first-order valence-electron chi connectivity index (χ1n) is 12.3. The van der Waals surface area contributed by atoms with Gasteiger partial charge >= 0.3 is 0 Å². The predicted octanol–water partition coefficient (Wildman–Crippen LogP) is 4.13. The Bertz CT molecular complexity index is 1460. The van der Waals surface area contributed by atoms with Crippen LogP contribution in [0.2, 0.25) is 0 Å². The molecule has 37 heavy (non-hydrogen) atoms. The van der Waals surface area contributed by atoms with Crippen molar-refractivity contribution >= 4 is 28.2 Å². The quantitative estimate of drug-likeness (QED) is 0.419. The number of benzene rings is 2. The van der Waals surface area contributed by atoms with Crippen LogP contribution in [0, 0.1) is 17.6 Å². The molecule has 6 rings (SSSR count). The van der Waals surface area contributed by atoms with Gasteiger partial charge in [-0.3, -0.25) is 14.8 Å². The van der Waals surface area contributed by atoms with Crippen LogP contribution in [-0.2, 0) is 11.3 Å². The molecule has 1 saturated heterocycles. The molecule has 11 heteroatoms. The predicted molar refractivity (Wildman–Crippen MR) is 133 cm³/mol. The Labute approximate surface area is 211 Å². The van der Waals surface area contributed by atoms with Crippen molar-refractivity contribution in [3.8, 4) is 11.5 Å². The lowest BCUT2D eigenvalue weighted by Crippen LogP contribution is -2.38. The number of carbonyl (C=O) groups is 1. The Morgan fingerprint density at radius 2 is 1.97 bits per heavy atom. The zero-order valence-corrected chi connectivity index (χ0v) is 20.3. The summed E-state index contributed by atoms with van der Waals surface area (Å²) in [6.45, 7) is 6.99. The fourth-order valence-electron chi connectivity index (χ4n) is 4.92. The van der Waals surface area contributed by atoms with Gasteiger partial charge in [-0.15, -0.1) is 0 Å². The topological polar surface area (TPSA) is 88.5 Å². The van der Waals surface area contributed by atoms with Crippen LogP contribution in [0.25, 0.3) is 11.0 Å². The monoisotopic (exact) mass is 508 g/mol. The second-order valence-corrected chi connectivity index (χ2v) is 9.36. The number of hydrogen-bond donors (Lipinski definition) is 1. The van der Waals surface area contributed by atoms with E-state index in [-0.39, 0.29) is 17.5 Å². The van der Waals surface area contributed by atoms with Crippen molar-refractivity contribution < 1.29 is 23.0 Å². The van der Waals surface area contributed by atoms with Crippen LogP contribution in [0.5, 0.6) is 11.5 Å². The lowest BCUT2D eigenvalue weighted by molar-refractivity contribution is 0.0365. The highest BCUT2D eigenvalue weighted by atomic mass is 19.1. The average molecular weight is 509 g/mol. The normalized spacial score (nSPS) is 18.4. The minimum atomic E-state index is -0.819. The molecular formula is C26H26F2N6O3. The van der Waals surface area contributed by atoms with E-state index in [9.17, 15) is 13.6 Å². The molecular weight excluding hydrogens is 482 g/mol. The molecule has 1 atom stereocenters. The van der Waals surface area contributed by atoms with Gasteiger partial charge in [0.1, 0.15) is 17.0 Å². The number of ether oxygens (including phenoxy) is 2. The van der Waals surface area contributed by atoms with E-state index in [1.807, 2.05) is 28.5 Å². The summed E-state index contributed by atoms with van der Waals surface area (Å²) in [7, 11) is 0. The van der Waals surface area contributed by atoms with Crippen molar-refractivity contribution in [2.45, 2.75) is 13.5 Å². The third-order valence-corrected chi connectivity index (χ3v) is 6.94. The Balaban J connectivity index is 1.43. The third-order valence-electron chi connectivity index (χ3n) is 6.94. The van der Waals surface area contributed by atoms with Gasteiger partial charge in [0.25, 0.3) is 0 Å². The van der Waals surface area contributed by atoms with Crippen LogP contribution in [0.15, 0.2) is 42.9 Å². The van der Waals surface area contributed by atoms with Gasteiger partial charge in [0.2, 0.25) is 0 Å². The fraction of sp³-hybridized carbons (Fsp3) is 0.346. The number of carbonyl (C=O) groups excluding carboxylic acids is 1. The zero-order valence-electron chi connectivity index (χ0n) is 20.3. The average Bonchev–Trinajstić information content (AvgIpc) is 3.55. The summed E-state index contributed by atoms with van der Waals surface area (Å²) >= 11 is 0. The Kier molecular flexibility index (Phi) is 6.09. The summed E-state index contributed by atoms with van der Waals surface area (Å²) in [6, 6.07) is 7.02. The van der Waals surface area contributed by atoms with E-state index in [0.29, 0.717) is 41.4 Å². The Morgan fingerprint density at radius 1 is 1.14 bits per heavy atom. The van der Waals surface area contributed by atoms with Crippen LogP contribution in [0.4, 0.5) is 20.2 Å². The first-order chi connectivity index (χ1) is 18.0. The van der Waals surface area contributed by atoms with Crippen LogP contribution in [0.1, 0.15) is 17.4 Å². The van der Waals surface area contributed by atoms with Gasteiger partial charge in [0, 0.05) is 44.7 Å². The van der Waals surface area contributed by atoms with Crippen LogP contribution >= 0.6 is 0 Å². The maximum atomic E-state index is 14.7. The molecule has 0 saturated carbocycles. The number of fused-ring (bicyclic) bond motifs is 2. The SMILES string of the molecule is CC1CN(c2ccc3c(ncn3CCN3CCOCC3)c2Oc2ccc(F)cc2F)c2cn[nH]c2C1=O. The first kappa shape index (κ1) is 23.6. The van der Waals surface area contributed by atoms with Crippen molar-refractivity contribution in [2.75, 3.05) is 44.3 Å². The molecule has 0 aliphatic carbocycles. The van der Waals surface area contributed by atoms with Gasteiger partial charge in [0.15, 0.2) is 23.1 Å². The molecule has 2 aliphatic rings. The summed E-state index contributed by atoms with van der Waals surface area (Å²) in [5.74, 6) is -1.63. The molecule has 0 spiro atoms. The number of aromatic nitrogens is 4. The van der Waals surface area contributed by atoms with Crippen molar-refractivity contribution in [1.29, 1.82) is 0 Å². The molecule has 1 unspecified atom stereocenters. The molecule has 0 bridgehead atoms. The van der Waals surface area contributed by atoms with Gasteiger partial charge in [-0.2, -0.15) is 5.10 Å². The van der Waals surface area contributed by atoms with Gasteiger partial charge < -0.3 is 18.9 Å². The van der Waals surface area contributed by atoms with E-state index >= 15 is 0 Å². The molecule has 192 valence electrons. The second-order valence-electron chi connectivity index (χ2n) is 9.36. The highest BCUT2D eigenvalue weighted by molar-refractivity contribution is 6.05. The molecule has 2 aromatic heterocycles. The van der Waals surface area contributed by atoms with E-state index in [2.05, 4.69) is 20.1 Å². The Hall–Kier alpha value is -3.83. The van der Waals surface area contributed by atoms with E-state index in [4.69, 9.17) is 9.47 Å². The van der Waals surface area contributed by atoms with Crippen molar-refractivity contribution in [1.82, 2.24) is 24.6 Å². The molecule has 2 aliphatic heterocycles. The number of ketones is 1.